The van der Waals surface area contributed by atoms with Gasteiger partial charge in [0.2, 0.25) is 10.0 Å². The average Bonchev–Trinajstić information content (AvgIpc) is 2.90. The molecule has 6 nitrogen and oxygen atoms in total. The fourth-order valence-electron chi connectivity index (χ4n) is 1.97. The summed E-state index contributed by atoms with van der Waals surface area (Å²) >= 11 is 0. The lowest BCUT2D eigenvalue weighted by Crippen LogP contribution is -2.37. The van der Waals surface area contributed by atoms with E-state index in [4.69, 9.17) is 0 Å². The van der Waals surface area contributed by atoms with E-state index in [-0.39, 0.29) is 11.8 Å². The Kier molecular flexibility index (Phi) is 3.80. The van der Waals surface area contributed by atoms with Gasteiger partial charge in [0.1, 0.15) is 5.82 Å². The van der Waals surface area contributed by atoms with Crippen LogP contribution in [0.25, 0.3) is 0 Å². The molecule has 0 bridgehead atoms. The van der Waals surface area contributed by atoms with Crippen molar-refractivity contribution in [1.82, 2.24) is 19.6 Å². The van der Waals surface area contributed by atoms with Gasteiger partial charge in [0.15, 0.2) is 0 Å². The monoisotopic (exact) mass is 258 g/mol. The molecular formula is C10H18N4O2S. The molecular weight excluding hydrogens is 240 g/mol. The SMILES string of the molecule is CN(Cc1ncc[nH]1)S(=O)(=O)CC1CCCN1. The van der Waals surface area contributed by atoms with Gasteiger partial charge < -0.3 is 10.3 Å². The summed E-state index contributed by atoms with van der Waals surface area (Å²) in [6.07, 6.45) is 5.30. The van der Waals surface area contributed by atoms with Crippen LogP contribution in [0.4, 0.5) is 0 Å². The fourth-order valence-corrected chi connectivity index (χ4v) is 3.34. The van der Waals surface area contributed by atoms with Gasteiger partial charge in [-0.2, -0.15) is 4.31 Å². The van der Waals surface area contributed by atoms with Gasteiger partial charge in [-0.1, -0.05) is 0 Å². The van der Waals surface area contributed by atoms with Crippen molar-refractivity contribution in [3.8, 4) is 0 Å². The van der Waals surface area contributed by atoms with Gasteiger partial charge >= 0.3 is 0 Å². The number of rotatable bonds is 5. The predicted octanol–water partition coefficient (Wildman–Crippen LogP) is -0.0767. The molecule has 0 saturated carbocycles. The zero-order valence-corrected chi connectivity index (χ0v) is 10.7. The minimum Gasteiger partial charge on any atom is -0.347 e. The first-order valence-corrected chi connectivity index (χ1v) is 7.34. The summed E-state index contributed by atoms with van der Waals surface area (Å²) in [7, 11) is -1.62. The number of sulfonamides is 1. The lowest BCUT2D eigenvalue weighted by molar-refractivity contribution is 0.451. The second-order valence-electron chi connectivity index (χ2n) is 4.36. The van der Waals surface area contributed by atoms with Gasteiger partial charge in [-0.15, -0.1) is 0 Å². The number of aromatic amines is 1. The summed E-state index contributed by atoms with van der Waals surface area (Å²) < 4.78 is 25.5. The normalized spacial score (nSPS) is 21.2. The van der Waals surface area contributed by atoms with E-state index in [2.05, 4.69) is 15.3 Å². The van der Waals surface area contributed by atoms with Gasteiger partial charge in [0.25, 0.3) is 0 Å². The van der Waals surface area contributed by atoms with E-state index in [1.807, 2.05) is 0 Å². The van der Waals surface area contributed by atoms with Crippen molar-refractivity contribution in [2.45, 2.75) is 25.4 Å². The Morgan fingerprint density at radius 1 is 1.59 bits per heavy atom. The third kappa shape index (κ3) is 3.27. The second-order valence-corrected chi connectivity index (χ2v) is 6.48. The molecule has 2 heterocycles. The van der Waals surface area contributed by atoms with E-state index >= 15 is 0 Å². The molecule has 1 unspecified atom stereocenters. The van der Waals surface area contributed by atoms with Crippen molar-refractivity contribution in [2.24, 2.45) is 0 Å². The highest BCUT2D eigenvalue weighted by atomic mass is 32.2. The van der Waals surface area contributed by atoms with Crippen LogP contribution < -0.4 is 5.32 Å². The summed E-state index contributed by atoms with van der Waals surface area (Å²) in [6.45, 7) is 1.21. The molecule has 1 aliphatic heterocycles. The fraction of sp³-hybridized carbons (Fsp3) is 0.700. The number of aromatic nitrogens is 2. The Hall–Kier alpha value is -0.920. The lowest BCUT2D eigenvalue weighted by Gasteiger charge is -2.18. The number of nitrogens with one attached hydrogen (secondary N) is 2. The van der Waals surface area contributed by atoms with Crippen LogP contribution in [-0.4, -0.2) is 48.1 Å². The first-order valence-electron chi connectivity index (χ1n) is 5.73. The number of hydrogen-bond acceptors (Lipinski definition) is 4. The van der Waals surface area contributed by atoms with Crippen LogP contribution in [-0.2, 0) is 16.6 Å². The maximum atomic E-state index is 12.1. The van der Waals surface area contributed by atoms with Crippen LogP contribution >= 0.6 is 0 Å². The zero-order chi connectivity index (χ0) is 12.3. The third-order valence-corrected chi connectivity index (χ3v) is 4.88. The van der Waals surface area contributed by atoms with Crippen molar-refractivity contribution in [2.75, 3.05) is 19.3 Å². The van der Waals surface area contributed by atoms with Crippen molar-refractivity contribution < 1.29 is 8.42 Å². The van der Waals surface area contributed by atoms with Crippen molar-refractivity contribution >= 4 is 10.0 Å². The standard InChI is InChI=1S/C10H18N4O2S/c1-14(7-10-12-5-6-13-10)17(15,16)8-9-3-2-4-11-9/h5-6,9,11H,2-4,7-8H2,1H3,(H,12,13). The third-order valence-electron chi connectivity index (χ3n) is 2.98. The quantitative estimate of drug-likeness (QED) is 0.774. The Bertz CT molecular complexity index is 437. The van der Waals surface area contributed by atoms with Crippen molar-refractivity contribution in [3.63, 3.8) is 0 Å². The number of imidazole rings is 1. The molecule has 2 rings (SSSR count). The molecule has 1 fully saturated rings. The van der Waals surface area contributed by atoms with Crippen LogP contribution in [0.15, 0.2) is 12.4 Å². The summed E-state index contributed by atoms with van der Waals surface area (Å²) in [5.41, 5.74) is 0. The highest BCUT2D eigenvalue weighted by Gasteiger charge is 2.25. The molecule has 96 valence electrons. The van der Waals surface area contributed by atoms with Gasteiger partial charge in [-0.25, -0.2) is 13.4 Å². The second kappa shape index (κ2) is 5.16. The Morgan fingerprint density at radius 2 is 2.41 bits per heavy atom. The largest absolute Gasteiger partial charge is 0.347 e. The van der Waals surface area contributed by atoms with Crippen LogP contribution in [0.1, 0.15) is 18.7 Å². The summed E-state index contributed by atoms with van der Waals surface area (Å²) in [5.74, 6) is 0.833. The minimum atomic E-state index is -3.21. The number of H-pyrrole nitrogens is 1. The topological polar surface area (TPSA) is 78.1 Å². The first kappa shape index (κ1) is 12.5. The van der Waals surface area contributed by atoms with E-state index in [1.165, 1.54) is 4.31 Å². The van der Waals surface area contributed by atoms with E-state index in [0.717, 1.165) is 19.4 Å². The smallest absolute Gasteiger partial charge is 0.215 e. The molecule has 1 atom stereocenters. The summed E-state index contributed by atoms with van der Waals surface area (Å²) in [6, 6.07) is 0.0963. The lowest BCUT2D eigenvalue weighted by atomic mass is 10.3. The van der Waals surface area contributed by atoms with E-state index < -0.39 is 10.0 Å². The van der Waals surface area contributed by atoms with Crippen LogP contribution in [0, 0.1) is 0 Å². The van der Waals surface area contributed by atoms with Crippen molar-refractivity contribution in [3.05, 3.63) is 18.2 Å². The molecule has 0 aromatic carbocycles. The average molecular weight is 258 g/mol. The molecule has 0 aliphatic carbocycles. The highest BCUT2D eigenvalue weighted by Crippen LogP contribution is 2.11. The number of hydrogen-bond donors (Lipinski definition) is 2. The molecule has 17 heavy (non-hydrogen) atoms. The molecule has 2 N–H and O–H groups in total. The van der Waals surface area contributed by atoms with Gasteiger partial charge in [-0.3, -0.25) is 0 Å². The maximum Gasteiger partial charge on any atom is 0.215 e. The van der Waals surface area contributed by atoms with E-state index in [9.17, 15) is 8.42 Å². The molecule has 0 amide bonds. The summed E-state index contributed by atoms with van der Waals surface area (Å²) in [4.78, 5) is 6.93. The summed E-state index contributed by atoms with van der Waals surface area (Å²) in [5, 5.41) is 3.20. The van der Waals surface area contributed by atoms with Gasteiger partial charge in [-0.05, 0) is 19.4 Å². The minimum absolute atomic E-state index is 0.0963. The van der Waals surface area contributed by atoms with Crippen LogP contribution in [0.2, 0.25) is 0 Å². The van der Waals surface area contributed by atoms with Crippen LogP contribution in [0.3, 0.4) is 0 Å². The molecule has 7 heteroatoms. The Morgan fingerprint density at radius 3 is 3.00 bits per heavy atom. The maximum absolute atomic E-state index is 12.1. The first-order chi connectivity index (χ1) is 8.08. The van der Waals surface area contributed by atoms with Crippen LogP contribution in [0.5, 0.6) is 0 Å². The predicted molar refractivity (Wildman–Crippen MR) is 64.9 cm³/mol. The number of nitrogens with zero attached hydrogens (tertiary/aromatic N) is 2. The Balaban J connectivity index is 1.94. The zero-order valence-electron chi connectivity index (χ0n) is 9.89. The highest BCUT2D eigenvalue weighted by molar-refractivity contribution is 7.89. The van der Waals surface area contributed by atoms with Gasteiger partial charge in [0, 0.05) is 25.5 Å². The van der Waals surface area contributed by atoms with E-state index in [1.54, 1.807) is 19.4 Å². The molecule has 0 radical (unpaired) electrons. The molecule has 1 aromatic rings. The molecule has 1 aromatic heterocycles. The Labute approximate surface area is 101 Å². The molecule has 1 aliphatic rings. The van der Waals surface area contributed by atoms with Crippen molar-refractivity contribution in [1.29, 1.82) is 0 Å². The molecule has 0 spiro atoms. The molecule has 1 saturated heterocycles. The van der Waals surface area contributed by atoms with E-state index in [0.29, 0.717) is 12.4 Å². The van der Waals surface area contributed by atoms with Gasteiger partial charge in [0.05, 0.1) is 12.3 Å².